The molecule has 0 radical (unpaired) electrons. The van der Waals surface area contributed by atoms with Crippen molar-refractivity contribution < 1.29 is 0 Å². The molecular formula is C13H15N7O. The summed E-state index contributed by atoms with van der Waals surface area (Å²) in [6.45, 7) is 2.15. The van der Waals surface area contributed by atoms with E-state index < -0.39 is 0 Å². The lowest BCUT2D eigenvalue weighted by Gasteiger charge is -2.10. The number of aromatic nitrogens is 5. The van der Waals surface area contributed by atoms with Crippen molar-refractivity contribution in [2.45, 2.75) is 13.5 Å². The van der Waals surface area contributed by atoms with Gasteiger partial charge < -0.3 is 9.99 Å². The molecular weight excluding hydrogens is 270 g/mol. The van der Waals surface area contributed by atoms with E-state index in [-0.39, 0.29) is 12.1 Å². The zero-order valence-electron chi connectivity index (χ0n) is 11.7. The van der Waals surface area contributed by atoms with E-state index in [1.165, 1.54) is 6.07 Å². The van der Waals surface area contributed by atoms with Crippen LogP contribution >= 0.6 is 0 Å². The first-order chi connectivity index (χ1) is 10.1. The minimum atomic E-state index is -0.0917. The molecule has 21 heavy (non-hydrogen) atoms. The van der Waals surface area contributed by atoms with Crippen LogP contribution in [0.4, 0.5) is 5.82 Å². The Kier molecular flexibility index (Phi) is 3.15. The summed E-state index contributed by atoms with van der Waals surface area (Å²) in [7, 11) is 1.79. The van der Waals surface area contributed by atoms with Gasteiger partial charge in [-0.15, -0.1) is 0 Å². The van der Waals surface area contributed by atoms with Crippen LogP contribution in [-0.2, 0) is 13.6 Å². The third kappa shape index (κ3) is 2.25. The predicted molar refractivity (Wildman–Crippen MR) is 78.7 cm³/mol. The van der Waals surface area contributed by atoms with E-state index in [4.69, 9.17) is 5.84 Å². The first-order valence-electron chi connectivity index (χ1n) is 6.42. The van der Waals surface area contributed by atoms with E-state index in [0.29, 0.717) is 17.3 Å². The van der Waals surface area contributed by atoms with E-state index >= 15 is 0 Å². The monoisotopic (exact) mass is 285 g/mol. The van der Waals surface area contributed by atoms with Crippen LogP contribution in [0.25, 0.3) is 11.0 Å². The van der Waals surface area contributed by atoms with Gasteiger partial charge in [0, 0.05) is 18.8 Å². The molecule has 108 valence electrons. The molecule has 0 aliphatic heterocycles. The average molecular weight is 285 g/mol. The average Bonchev–Trinajstić information content (AvgIpc) is 2.84. The van der Waals surface area contributed by atoms with Gasteiger partial charge in [-0.2, -0.15) is 5.10 Å². The largest absolute Gasteiger partial charge is 0.308 e. The lowest BCUT2D eigenvalue weighted by atomic mass is 10.3. The second kappa shape index (κ2) is 4.98. The molecule has 0 unspecified atom stereocenters. The minimum Gasteiger partial charge on any atom is -0.308 e. The molecule has 0 spiro atoms. The first kappa shape index (κ1) is 13.3. The quantitative estimate of drug-likeness (QED) is 0.525. The number of nitrogens with two attached hydrogens (primary N) is 1. The summed E-state index contributed by atoms with van der Waals surface area (Å²) < 4.78 is 3.25. The van der Waals surface area contributed by atoms with Crippen LogP contribution in [0.2, 0.25) is 0 Å². The normalized spacial score (nSPS) is 11.0. The lowest BCUT2D eigenvalue weighted by Crippen LogP contribution is -2.23. The zero-order valence-corrected chi connectivity index (χ0v) is 11.7. The summed E-state index contributed by atoms with van der Waals surface area (Å²) in [4.78, 5) is 20.7. The van der Waals surface area contributed by atoms with Gasteiger partial charge in [-0.1, -0.05) is 6.07 Å². The van der Waals surface area contributed by atoms with Crippen LogP contribution in [-0.4, -0.2) is 24.3 Å². The predicted octanol–water partition coefficient (Wildman–Crippen LogP) is 0.167. The van der Waals surface area contributed by atoms with E-state index in [1.54, 1.807) is 28.6 Å². The Morgan fingerprint density at radius 3 is 2.86 bits per heavy atom. The van der Waals surface area contributed by atoms with Gasteiger partial charge in [-0.3, -0.25) is 9.48 Å². The minimum absolute atomic E-state index is 0.0917. The van der Waals surface area contributed by atoms with Crippen molar-refractivity contribution in [2.75, 3.05) is 5.43 Å². The molecule has 8 nitrogen and oxygen atoms in total. The Hall–Kier alpha value is -2.74. The van der Waals surface area contributed by atoms with Crippen molar-refractivity contribution in [1.82, 2.24) is 24.3 Å². The fourth-order valence-corrected chi connectivity index (χ4v) is 2.22. The molecule has 8 heteroatoms. The van der Waals surface area contributed by atoms with E-state index in [9.17, 15) is 4.79 Å². The van der Waals surface area contributed by atoms with Crippen molar-refractivity contribution in [1.29, 1.82) is 0 Å². The maximum absolute atomic E-state index is 11.9. The van der Waals surface area contributed by atoms with Crippen LogP contribution in [0.1, 0.15) is 11.5 Å². The molecule has 0 amide bonds. The summed E-state index contributed by atoms with van der Waals surface area (Å²) in [5.41, 5.74) is 3.96. The maximum atomic E-state index is 11.9. The van der Waals surface area contributed by atoms with E-state index in [0.717, 1.165) is 11.1 Å². The topological polar surface area (TPSA) is 104 Å². The molecule has 0 atom stereocenters. The SMILES string of the molecule is Cc1cccc(=O)n1Cc1nc(NN)c2cnn(C)c2n1. The van der Waals surface area contributed by atoms with Gasteiger partial charge in [0.15, 0.2) is 17.3 Å². The molecule has 3 aromatic rings. The van der Waals surface area contributed by atoms with E-state index in [2.05, 4.69) is 20.5 Å². The second-order valence-electron chi connectivity index (χ2n) is 4.73. The van der Waals surface area contributed by atoms with Crippen molar-refractivity contribution in [3.05, 3.63) is 46.3 Å². The molecule has 0 bridgehead atoms. The molecule has 3 heterocycles. The Bertz CT molecular complexity index is 865. The van der Waals surface area contributed by atoms with Crippen LogP contribution in [0.5, 0.6) is 0 Å². The number of fused-ring (bicyclic) bond motifs is 1. The summed E-state index contributed by atoms with van der Waals surface area (Å²) >= 11 is 0. The third-order valence-corrected chi connectivity index (χ3v) is 3.34. The molecule has 3 N–H and O–H groups in total. The number of anilines is 1. The number of hydrazine groups is 1. The standard InChI is InChI=1S/C13H15N7O/c1-8-4-3-5-11(21)20(8)7-10-16-12(18-14)9-6-15-19(2)13(9)17-10/h3-6H,7,14H2,1-2H3,(H,16,17,18). The zero-order chi connectivity index (χ0) is 15.0. The number of aryl methyl sites for hydroxylation is 2. The highest BCUT2D eigenvalue weighted by Crippen LogP contribution is 2.18. The number of hydrogen-bond acceptors (Lipinski definition) is 6. The highest BCUT2D eigenvalue weighted by atomic mass is 16.1. The molecule has 0 saturated heterocycles. The van der Waals surface area contributed by atoms with Gasteiger partial charge in [0.2, 0.25) is 0 Å². The Morgan fingerprint density at radius 1 is 1.33 bits per heavy atom. The van der Waals surface area contributed by atoms with Gasteiger partial charge in [-0.05, 0) is 13.0 Å². The number of rotatable bonds is 3. The Balaban J connectivity index is 2.13. The van der Waals surface area contributed by atoms with Crippen molar-refractivity contribution in [3.63, 3.8) is 0 Å². The molecule has 0 aromatic carbocycles. The molecule has 0 aliphatic carbocycles. The van der Waals surface area contributed by atoms with Crippen molar-refractivity contribution in [2.24, 2.45) is 12.9 Å². The fraction of sp³-hybridized carbons (Fsp3) is 0.231. The van der Waals surface area contributed by atoms with Crippen molar-refractivity contribution in [3.8, 4) is 0 Å². The Morgan fingerprint density at radius 2 is 2.14 bits per heavy atom. The smallest absolute Gasteiger partial charge is 0.251 e. The number of nitrogen functional groups attached to an aromatic ring is 1. The molecule has 0 saturated carbocycles. The Labute approximate surface area is 120 Å². The molecule has 0 fully saturated rings. The van der Waals surface area contributed by atoms with Gasteiger partial charge in [-0.25, -0.2) is 15.8 Å². The summed E-state index contributed by atoms with van der Waals surface area (Å²) in [6, 6.07) is 5.11. The number of nitrogens with zero attached hydrogens (tertiary/aromatic N) is 5. The van der Waals surface area contributed by atoms with Gasteiger partial charge in [0.25, 0.3) is 5.56 Å². The van der Waals surface area contributed by atoms with E-state index in [1.807, 2.05) is 13.0 Å². The third-order valence-electron chi connectivity index (χ3n) is 3.34. The molecule has 3 aromatic heterocycles. The van der Waals surface area contributed by atoms with Gasteiger partial charge in [0.1, 0.15) is 0 Å². The maximum Gasteiger partial charge on any atom is 0.251 e. The van der Waals surface area contributed by atoms with Gasteiger partial charge >= 0.3 is 0 Å². The highest BCUT2D eigenvalue weighted by Gasteiger charge is 2.12. The van der Waals surface area contributed by atoms with Crippen LogP contribution in [0, 0.1) is 6.92 Å². The van der Waals surface area contributed by atoms with Crippen LogP contribution < -0.4 is 16.8 Å². The number of pyridine rings is 1. The summed E-state index contributed by atoms with van der Waals surface area (Å²) in [5.74, 6) is 6.49. The number of nitrogens with one attached hydrogen (secondary N) is 1. The van der Waals surface area contributed by atoms with Crippen LogP contribution in [0.3, 0.4) is 0 Å². The summed E-state index contributed by atoms with van der Waals surface area (Å²) in [6.07, 6.45) is 1.65. The van der Waals surface area contributed by atoms with Crippen molar-refractivity contribution >= 4 is 16.9 Å². The van der Waals surface area contributed by atoms with Gasteiger partial charge in [0.05, 0.1) is 18.1 Å². The molecule has 0 aliphatic rings. The summed E-state index contributed by atoms with van der Waals surface area (Å²) in [5, 5.41) is 4.87. The molecule has 3 rings (SSSR count). The van der Waals surface area contributed by atoms with Crippen LogP contribution in [0.15, 0.2) is 29.2 Å². The second-order valence-corrected chi connectivity index (χ2v) is 4.73. The lowest BCUT2D eigenvalue weighted by molar-refractivity contribution is 0.690. The first-order valence-corrected chi connectivity index (χ1v) is 6.42. The fourth-order valence-electron chi connectivity index (χ4n) is 2.22. The highest BCUT2D eigenvalue weighted by molar-refractivity contribution is 5.86. The number of hydrogen-bond donors (Lipinski definition) is 2.